The van der Waals surface area contributed by atoms with Gasteiger partial charge in [0.2, 0.25) is 11.8 Å². The first-order valence-corrected chi connectivity index (χ1v) is 9.25. The van der Waals surface area contributed by atoms with Gasteiger partial charge in [0.1, 0.15) is 0 Å². The summed E-state index contributed by atoms with van der Waals surface area (Å²) in [6, 6.07) is 0. The number of anilines is 1. The molecule has 28 heavy (non-hydrogen) atoms. The molecule has 2 atom stereocenters. The van der Waals surface area contributed by atoms with Gasteiger partial charge in [0.05, 0.1) is 35.3 Å². The van der Waals surface area contributed by atoms with Crippen molar-refractivity contribution < 1.29 is 23.9 Å². The van der Waals surface area contributed by atoms with Crippen LogP contribution in [0.25, 0.3) is 0 Å². The van der Waals surface area contributed by atoms with E-state index in [9.17, 15) is 19.2 Å². The number of nitrogens with zero attached hydrogens (tertiary/aromatic N) is 3. The Bertz CT molecular complexity index is 831. The van der Waals surface area contributed by atoms with Gasteiger partial charge in [-0.15, -0.1) is 0 Å². The van der Waals surface area contributed by atoms with Crippen molar-refractivity contribution in [2.24, 2.45) is 18.9 Å². The molecule has 1 aromatic rings. The van der Waals surface area contributed by atoms with Crippen molar-refractivity contribution >= 4 is 29.4 Å². The van der Waals surface area contributed by atoms with Crippen molar-refractivity contribution in [3.63, 3.8) is 0 Å². The number of aryl methyl sites for hydroxylation is 2. The smallest absolute Gasteiger partial charge is 0.308 e. The third-order valence-electron chi connectivity index (χ3n) is 5.28. The molecule has 0 saturated carbocycles. The number of ether oxygens (including phenoxy) is 1. The molecule has 2 aliphatic rings. The third-order valence-corrected chi connectivity index (χ3v) is 5.28. The highest BCUT2D eigenvalue weighted by Crippen LogP contribution is 2.35. The number of esters is 1. The number of fused-ring (bicyclic) bond motifs is 1. The summed E-state index contributed by atoms with van der Waals surface area (Å²) in [4.78, 5) is 49.8. The summed E-state index contributed by atoms with van der Waals surface area (Å²) < 4.78 is 6.62. The molecule has 0 radical (unpaired) electrons. The summed E-state index contributed by atoms with van der Waals surface area (Å²) in [6.07, 6.45) is 4.80. The lowest BCUT2D eigenvalue weighted by Gasteiger charge is -2.14. The summed E-state index contributed by atoms with van der Waals surface area (Å²) in [5.74, 6) is -2.20. The fraction of sp³-hybridized carbons (Fsp3) is 0.526. The number of aromatic nitrogens is 2. The number of carbonyl (C=O) groups excluding carboxylic acids is 4. The number of nitrogens with one attached hydrogen (secondary N) is 1. The largest absolute Gasteiger partial charge is 0.456 e. The zero-order chi connectivity index (χ0) is 20.4. The zero-order valence-electron chi connectivity index (χ0n) is 16.2. The molecule has 1 N–H and O–H groups in total. The van der Waals surface area contributed by atoms with Crippen LogP contribution in [0.5, 0.6) is 0 Å². The quantitative estimate of drug-likeness (QED) is 0.440. The first-order valence-electron chi connectivity index (χ1n) is 9.25. The second-order valence-electron chi connectivity index (χ2n) is 7.11. The van der Waals surface area contributed by atoms with Crippen molar-refractivity contribution in [1.82, 2.24) is 14.7 Å². The Morgan fingerprint density at radius 2 is 1.79 bits per heavy atom. The lowest BCUT2D eigenvalue weighted by Crippen LogP contribution is -2.33. The number of carbonyl (C=O) groups is 4. The van der Waals surface area contributed by atoms with E-state index in [1.165, 1.54) is 0 Å². The van der Waals surface area contributed by atoms with Gasteiger partial charge < -0.3 is 10.1 Å². The molecule has 3 amide bonds. The third kappa shape index (κ3) is 3.83. The van der Waals surface area contributed by atoms with Gasteiger partial charge in [-0.3, -0.25) is 28.8 Å². The summed E-state index contributed by atoms with van der Waals surface area (Å²) in [7, 11) is 1.77. The second-order valence-corrected chi connectivity index (χ2v) is 7.11. The van der Waals surface area contributed by atoms with Crippen LogP contribution in [0, 0.1) is 25.7 Å². The van der Waals surface area contributed by atoms with Crippen LogP contribution in [-0.2, 0) is 31.0 Å². The number of hydrogen-bond donors (Lipinski definition) is 1. The molecule has 150 valence electrons. The average Bonchev–Trinajstić information content (AvgIpc) is 3.06. The molecule has 0 bridgehead atoms. The lowest BCUT2D eigenvalue weighted by atomic mass is 9.85. The second kappa shape index (κ2) is 7.95. The van der Waals surface area contributed by atoms with E-state index in [2.05, 4.69) is 10.4 Å². The SMILES string of the molecule is Cc1nn(C)c(C)c1NC(=O)COC(=O)CCN1C(=O)[C@H]2CC=CC[C@H]2C1=O. The van der Waals surface area contributed by atoms with Crippen LogP contribution in [0.3, 0.4) is 0 Å². The highest BCUT2D eigenvalue weighted by Gasteiger charge is 2.46. The van der Waals surface area contributed by atoms with Crippen LogP contribution < -0.4 is 5.32 Å². The molecule has 0 aromatic carbocycles. The molecular formula is C19H24N4O5. The van der Waals surface area contributed by atoms with E-state index in [0.29, 0.717) is 24.2 Å². The summed E-state index contributed by atoms with van der Waals surface area (Å²) in [6.45, 7) is 3.13. The molecule has 9 heteroatoms. The van der Waals surface area contributed by atoms with Crippen LogP contribution >= 0.6 is 0 Å². The van der Waals surface area contributed by atoms with Gasteiger partial charge in [-0.1, -0.05) is 12.2 Å². The van der Waals surface area contributed by atoms with Crippen molar-refractivity contribution in [2.45, 2.75) is 33.1 Å². The van der Waals surface area contributed by atoms with Gasteiger partial charge >= 0.3 is 5.97 Å². The van der Waals surface area contributed by atoms with E-state index >= 15 is 0 Å². The van der Waals surface area contributed by atoms with E-state index in [0.717, 1.165) is 10.6 Å². The van der Waals surface area contributed by atoms with E-state index in [4.69, 9.17) is 4.74 Å². The molecule has 0 spiro atoms. The highest BCUT2D eigenvalue weighted by molar-refractivity contribution is 6.05. The van der Waals surface area contributed by atoms with Crippen molar-refractivity contribution in [3.8, 4) is 0 Å². The lowest BCUT2D eigenvalue weighted by molar-refractivity contribution is -0.148. The van der Waals surface area contributed by atoms with E-state index < -0.39 is 18.5 Å². The fourth-order valence-corrected chi connectivity index (χ4v) is 3.64. The minimum absolute atomic E-state index is 0.0219. The van der Waals surface area contributed by atoms with Crippen LogP contribution in [0.1, 0.15) is 30.7 Å². The summed E-state index contributed by atoms with van der Waals surface area (Å²) in [5, 5.41) is 6.87. The minimum Gasteiger partial charge on any atom is -0.456 e. The van der Waals surface area contributed by atoms with Crippen LogP contribution in [0.15, 0.2) is 12.2 Å². The molecule has 1 fully saturated rings. The van der Waals surface area contributed by atoms with Gasteiger partial charge in [-0.25, -0.2) is 0 Å². The minimum atomic E-state index is -0.636. The molecule has 9 nitrogen and oxygen atoms in total. The summed E-state index contributed by atoms with van der Waals surface area (Å²) in [5.41, 5.74) is 2.05. The van der Waals surface area contributed by atoms with E-state index in [1.807, 2.05) is 19.1 Å². The molecule has 1 aliphatic carbocycles. The monoisotopic (exact) mass is 388 g/mol. The maximum Gasteiger partial charge on any atom is 0.308 e. The zero-order valence-corrected chi connectivity index (χ0v) is 16.2. The summed E-state index contributed by atoms with van der Waals surface area (Å²) >= 11 is 0. The molecule has 1 saturated heterocycles. The van der Waals surface area contributed by atoms with Crippen LogP contribution in [0.4, 0.5) is 5.69 Å². The van der Waals surface area contributed by atoms with Crippen LogP contribution in [0.2, 0.25) is 0 Å². The Morgan fingerprint density at radius 3 is 2.32 bits per heavy atom. The highest BCUT2D eigenvalue weighted by atomic mass is 16.5. The molecular weight excluding hydrogens is 364 g/mol. The number of allylic oxidation sites excluding steroid dienone is 2. The van der Waals surface area contributed by atoms with E-state index in [1.54, 1.807) is 18.7 Å². The van der Waals surface area contributed by atoms with Gasteiger partial charge in [0.15, 0.2) is 6.61 Å². The van der Waals surface area contributed by atoms with Crippen molar-refractivity contribution in [1.29, 1.82) is 0 Å². The number of imide groups is 1. The normalized spacial score (nSPS) is 21.0. The van der Waals surface area contributed by atoms with E-state index in [-0.39, 0.29) is 36.6 Å². The van der Waals surface area contributed by atoms with Crippen molar-refractivity contribution in [2.75, 3.05) is 18.5 Å². The Balaban J connectivity index is 1.45. The Labute approximate surface area is 162 Å². The Hall–Kier alpha value is -2.97. The molecule has 1 aromatic heterocycles. The maximum atomic E-state index is 12.3. The standard InChI is InChI=1S/C19H24N4O5/c1-11-17(12(2)22(3)21-11)20-15(24)10-28-16(25)8-9-23-18(26)13-6-4-5-7-14(13)19(23)27/h4-5,13-14H,6-10H2,1-3H3,(H,20,24)/t13-,14+. The molecule has 2 heterocycles. The number of hydrogen-bond acceptors (Lipinski definition) is 6. The Kier molecular flexibility index (Phi) is 5.62. The predicted molar refractivity (Wildman–Crippen MR) is 99.0 cm³/mol. The first kappa shape index (κ1) is 19.8. The first-order chi connectivity index (χ1) is 13.3. The maximum absolute atomic E-state index is 12.3. The van der Waals surface area contributed by atoms with Crippen molar-refractivity contribution in [3.05, 3.63) is 23.5 Å². The predicted octanol–water partition coefficient (Wildman–Crippen LogP) is 0.860. The van der Waals surface area contributed by atoms with Gasteiger partial charge in [-0.05, 0) is 26.7 Å². The average molecular weight is 388 g/mol. The number of amides is 3. The number of rotatable bonds is 6. The van der Waals surface area contributed by atoms with Gasteiger partial charge in [-0.2, -0.15) is 5.10 Å². The molecule has 3 rings (SSSR count). The fourth-order valence-electron chi connectivity index (χ4n) is 3.64. The molecule has 1 aliphatic heterocycles. The van der Waals surface area contributed by atoms with Crippen LogP contribution in [-0.4, -0.2) is 51.5 Å². The number of likely N-dealkylation sites (tertiary alicyclic amines) is 1. The topological polar surface area (TPSA) is 111 Å². The van der Waals surface area contributed by atoms with Gasteiger partial charge in [0.25, 0.3) is 5.91 Å². The molecule has 0 unspecified atom stereocenters. The van der Waals surface area contributed by atoms with Gasteiger partial charge in [0, 0.05) is 13.6 Å². The Morgan fingerprint density at radius 1 is 1.18 bits per heavy atom.